The fourth-order valence-electron chi connectivity index (χ4n) is 4.03. The number of hydrogen-bond donors (Lipinski definition) is 0. The number of ether oxygens (including phenoxy) is 4. The van der Waals surface area contributed by atoms with Gasteiger partial charge in [-0.25, -0.2) is 0 Å². The van der Waals surface area contributed by atoms with Crippen LogP contribution in [0.5, 0.6) is 17.2 Å². The van der Waals surface area contributed by atoms with E-state index in [1.807, 2.05) is 24.3 Å². The van der Waals surface area contributed by atoms with Gasteiger partial charge in [-0.3, -0.25) is 9.59 Å². The second-order valence-electron chi connectivity index (χ2n) is 7.46. The highest BCUT2D eigenvalue weighted by atomic mass is 127. The highest BCUT2D eigenvalue weighted by Crippen LogP contribution is 2.54. The molecule has 0 saturated heterocycles. The van der Waals surface area contributed by atoms with E-state index in [1.165, 1.54) is 20.3 Å². The molecule has 2 aromatic carbocycles. The van der Waals surface area contributed by atoms with Gasteiger partial charge in [0.25, 0.3) is 0 Å². The largest absolute Gasteiger partial charge is 0.496 e. The molecule has 1 heterocycles. The molecule has 2 unspecified atom stereocenters. The second kappa shape index (κ2) is 8.35. The van der Waals surface area contributed by atoms with Gasteiger partial charge in [0.15, 0.2) is 17.3 Å². The molecule has 4 rings (SSSR count). The average Bonchev–Trinajstić information content (AvgIpc) is 3.05. The highest BCUT2D eigenvalue weighted by Gasteiger charge is 2.60. The standard InChI is InChI=1S/C23H20ClIO6/c1-12-7-15(26)9-18(30-11-13-5-4-6-14(25)8-13)23(12)22(27)19-16(28-2)10-17(29-3)20(24)21(19)31-23/h4-6,8-10,12H,7,11H2,1-3H3. The van der Waals surface area contributed by atoms with Crippen molar-refractivity contribution in [2.24, 2.45) is 5.92 Å². The van der Waals surface area contributed by atoms with Crippen LogP contribution in [0.2, 0.25) is 5.02 Å². The number of halogens is 2. The number of Topliss-reactive ketones (excluding diaryl/α,β-unsaturated/α-hetero) is 1. The summed E-state index contributed by atoms with van der Waals surface area (Å²) in [5.41, 5.74) is -0.367. The predicted molar refractivity (Wildman–Crippen MR) is 123 cm³/mol. The van der Waals surface area contributed by atoms with Crippen LogP contribution in [0.1, 0.15) is 29.3 Å². The molecule has 1 aliphatic carbocycles. The van der Waals surface area contributed by atoms with Crippen molar-refractivity contribution >= 4 is 45.8 Å². The molecule has 0 N–H and O–H groups in total. The van der Waals surface area contributed by atoms with E-state index < -0.39 is 11.5 Å². The normalized spacial score (nSPS) is 22.1. The van der Waals surface area contributed by atoms with Gasteiger partial charge in [0.2, 0.25) is 11.4 Å². The summed E-state index contributed by atoms with van der Waals surface area (Å²) >= 11 is 8.70. The molecule has 0 saturated carbocycles. The van der Waals surface area contributed by atoms with Crippen LogP contribution in [0, 0.1) is 9.49 Å². The van der Waals surface area contributed by atoms with E-state index in [1.54, 1.807) is 13.0 Å². The molecule has 162 valence electrons. The van der Waals surface area contributed by atoms with E-state index >= 15 is 0 Å². The first-order valence-electron chi connectivity index (χ1n) is 9.62. The predicted octanol–water partition coefficient (Wildman–Crippen LogP) is 4.99. The summed E-state index contributed by atoms with van der Waals surface area (Å²) in [6, 6.07) is 9.33. The Morgan fingerprint density at radius 2 is 1.94 bits per heavy atom. The van der Waals surface area contributed by atoms with Gasteiger partial charge in [0, 0.05) is 28.1 Å². The Balaban J connectivity index is 1.78. The van der Waals surface area contributed by atoms with Gasteiger partial charge in [-0.1, -0.05) is 30.7 Å². The number of ketones is 2. The molecule has 2 aliphatic rings. The van der Waals surface area contributed by atoms with Gasteiger partial charge in [-0.2, -0.15) is 0 Å². The Morgan fingerprint density at radius 1 is 1.19 bits per heavy atom. The van der Waals surface area contributed by atoms with Gasteiger partial charge < -0.3 is 18.9 Å². The molecule has 1 spiro atoms. The summed E-state index contributed by atoms with van der Waals surface area (Å²) in [7, 11) is 2.93. The van der Waals surface area contributed by atoms with Gasteiger partial charge in [0.05, 0.1) is 14.2 Å². The lowest BCUT2D eigenvalue weighted by Crippen LogP contribution is -2.51. The van der Waals surface area contributed by atoms with Crippen LogP contribution in [0.3, 0.4) is 0 Å². The number of benzene rings is 2. The summed E-state index contributed by atoms with van der Waals surface area (Å²) in [6.45, 7) is 1.98. The number of rotatable bonds is 5. The molecule has 0 amide bonds. The Hall–Kier alpha value is -2.26. The number of carbonyl (C=O) groups excluding carboxylic acids is 2. The fraction of sp³-hybridized carbons (Fsp3) is 0.304. The monoisotopic (exact) mass is 554 g/mol. The summed E-state index contributed by atoms with van der Waals surface area (Å²) in [5, 5.41) is 0.171. The van der Waals surface area contributed by atoms with Gasteiger partial charge in [0.1, 0.15) is 28.7 Å². The zero-order chi connectivity index (χ0) is 22.3. The quantitative estimate of drug-likeness (QED) is 0.486. The third kappa shape index (κ3) is 3.57. The summed E-state index contributed by atoms with van der Waals surface area (Å²) in [4.78, 5) is 26.1. The zero-order valence-corrected chi connectivity index (χ0v) is 20.1. The molecule has 2 aromatic rings. The molecule has 0 bridgehead atoms. The van der Waals surface area contributed by atoms with Crippen molar-refractivity contribution in [2.75, 3.05) is 14.2 Å². The third-order valence-electron chi connectivity index (χ3n) is 5.56. The molecule has 1 aliphatic heterocycles. The maximum atomic E-state index is 13.8. The van der Waals surface area contributed by atoms with Crippen LogP contribution in [0.4, 0.5) is 0 Å². The van der Waals surface area contributed by atoms with Crippen molar-refractivity contribution in [2.45, 2.75) is 25.6 Å². The van der Waals surface area contributed by atoms with Gasteiger partial charge in [-0.05, 0) is 40.3 Å². The van der Waals surface area contributed by atoms with Gasteiger partial charge >= 0.3 is 0 Å². The minimum atomic E-state index is -1.50. The SMILES string of the molecule is COc1cc(OC)c2c(c1Cl)OC1(C2=O)C(OCc2cccc(I)c2)=CC(=O)CC1C. The molecule has 0 fully saturated rings. The molecule has 6 nitrogen and oxygen atoms in total. The molecule has 0 radical (unpaired) electrons. The summed E-state index contributed by atoms with van der Waals surface area (Å²) in [6.07, 6.45) is 1.50. The first-order chi connectivity index (χ1) is 14.8. The molecule has 0 aromatic heterocycles. The maximum Gasteiger partial charge on any atom is 0.231 e. The lowest BCUT2D eigenvalue weighted by molar-refractivity contribution is -0.118. The van der Waals surface area contributed by atoms with Crippen LogP contribution in [-0.4, -0.2) is 31.4 Å². The van der Waals surface area contributed by atoms with Crippen molar-refractivity contribution in [3.63, 3.8) is 0 Å². The van der Waals surface area contributed by atoms with Gasteiger partial charge in [-0.15, -0.1) is 0 Å². The van der Waals surface area contributed by atoms with Crippen molar-refractivity contribution < 1.29 is 28.5 Å². The van der Waals surface area contributed by atoms with Crippen LogP contribution < -0.4 is 14.2 Å². The van der Waals surface area contributed by atoms with Crippen LogP contribution in [0.15, 0.2) is 42.2 Å². The topological polar surface area (TPSA) is 71.1 Å². The average molecular weight is 555 g/mol. The number of hydrogen-bond acceptors (Lipinski definition) is 6. The van der Waals surface area contributed by atoms with Crippen LogP contribution in [0.25, 0.3) is 0 Å². The maximum absolute atomic E-state index is 13.8. The van der Waals surface area contributed by atoms with E-state index in [2.05, 4.69) is 22.6 Å². The lowest BCUT2D eigenvalue weighted by Gasteiger charge is -2.37. The fourth-order valence-corrected chi connectivity index (χ4v) is 4.90. The first-order valence-corrected chi connectivity index (χ1v) is 11.1. The molecule has 2 atom stereocenters. The Morgan fingerprint density at radius 3 is 2.61 bits per heavy atom. The number of carbonyl (C=O) groups is 2. The van der Waals surface area contributed by atoms with E-state index in [0.29, 0.717) is 11.5 Å². The van der Waals surface area contributed by atoms with Crippen molar-refractivity contribution in [1.82, 2.24) is 0 Å². The number of fused-ring (bicyclic) bond motifs is 1. The smallest absolute Gasteiger partial charge is 0.231 e. The van der Waals surface area contributed by atoms with E-state index in [-0.39, 0.29) is 46.7 Å². The third-order valence-corrected chi connectivity index (χ3v) is 6.59. The van der Waals surface area contributed by atoms with Crippen LogP contribution in [-0.2, 0) is 16.1 Å². The second-order valence-corrected chi connectivity index (χ2v) is 9.09. The minimum absolute atomic E-state index is 0.126. The zero-order valence-electron chi connectivity index (χ0n) is 17.2. The molecule has 31 heavy (non-hydrogen) atoms. The van der Waals surface area contributed by atoms with Crippen molar-refractivity contribution in [3.05, 3.63) is 61.9 Å². The number of allylic oxidation sites excluding steroid dienone is 1. The van der Waals surface area contributed by atoms with E-state index in [9.17, 15) is 9.59 Å². The van der Waals surface area contributed by atoms with E-state index in [0.717, 1.165) is 9.13 Å². The Bertz CT molecular complexity index is 1110. The number of methoxy groups -OCH3 is 2. The van der Waals surface area contributed by atoms with Crippen molar-refractivity contribution in [1.29, 1.82) is 0 Å². The lowest BCUT2D eigenvalue weighted by atomic mass is 9.75. The van der Waals surface area contributed by atoms with Crippen LogP contribution >= 0.6 is 34.2 Å². The van der Waals surface area contributed by atoms with E-state index in [4.69, 9.17) is 30.5 Å². The summed E-state index contributed by atoms with van der Waals surface area (Å²) in [5.74, 6) is 0.0199. The van der Waals surface area contributed by atoms with Crippen molar-refractivity contribution in [3.8, 4) is 17.2 Å². The molecule has 8 heteroatoms. The minimum Gasteiger partial charge on any atom is -0.496 e. The highest BCUT2D eigenvalue weighted by molar-refractivity contribution is 14.1. The molecular formula is C23H20ClIO6. The Labute approximate surface area is 198 Å². The Kier molecular flexibility index (Phi) is 5.91. The summed E-state index contributed by atoms with van der Waals surface area (Å²) < 4.78 is 24.1. The first kappa shape index (κ1) is 22.0. The molecular weight excluding hydrogens is 535 g/mol.